The third kappa shape index (κ3) is 1.95. The van der Waals surface area contributed by atoms with Crippen LogP contribution in [0.5, 0.6) is 5.88 Å². The maximum atomic E-state index is 5.40. The molecular formula is C13H15NO3. The quantitative estimate of drug-likeness (QED) is 0.783. The third-order valence-electron chi connectivity index (χ3n) is 3.35. The molecule has 4 nitrogen and oxygen atoms in total. The van der Waals surface area contributed by atoms with Crippen molar-refractivity contribution in [2.24, 2.45) is 5.92 Å². The van der Waals surface area contributed by atoms with Crippen molar-refractivity contribution in [2.75, 3.05) is 7.11 Å². The molecule has 0 fully saturated rings. The number of methoxy groups -OCH3 is 1. The van der Waals surface area contributed by atoms with E-state index in [4.69, 9.17) is 14.2 Å². The summed E-state index contributed by atoms with van der Waals surface area (Å²) >= 11 is 0. The van der Waals surface area contributed by atoms with Gasteiger partial charge < -0.3 is 14.2 Å². The lowest BCUT2D eigenvalue weighted by atomic mass is 9.86. The molecule has 2 heterocycles. The van der Waals surface area contributed by atoms with Crippen LogP contribution in [0.4, 0.5) is 0 Å². The maximum Gasteiger partial charge on any atom is 0.242 e. The lowest BCUT2D eigenvalue weighted by Gasteiger charge is -2.27. The number of hydrogen-bond donors (Lipinski definition) is 0. The van der Waals surface area contributed by atoms with Crippen LogP contribution in [0, 0.1) is 5.92 Å². The molecule has 0 N–H and O–H groups in total. The molecule has 0 saturated carbocycles. The largest absolute Gasteiger partial charge is 0.481 e. The fourth-order valence-electron chi connectivity index (χ4n) is 2.44. The Hall–Kier alpha value is -1.71. The molecule has 0 aromatic carbocycles. The summed E-state index contributed by atoms with van der Waals surface area (Å²) in [5, 5.41) is 0. The molecule has 0 radical (unpaired) electrons. The number of rotatable bonds is 2. The second kappa shape index (κ2) is 4.28. The fourth-order valence-corrected chi connectivity index (χ4v) is 2.44. The highest BCUT2D eigenvalue weighted by molar-refractivity contribution is 5.28. The Bertz CT molecular complexity index is 436. The zero-order chi connectivity index (χ0) is 11.7. The lowest BCUT2D eigenvalue weighted by Crippen LogP contribution is -2.27. The SMILES string of the molecule is COc1ccc2c(n1)CCC(C1OC=CO1)C2. The molecule has 1 aromatic rings. The molecule has 1 aliphatic carbocycles. The fraction of sp³-hybridized carbons (Fsp3) is 0.462. The van der Waals surface area contributed by atoms with Gasteiger partial charge >= 0.3 is 0 Å². The van der Waals surface area contributed by atoms with Gasteiger partial charge in [-0.2, -0.15) is 0 Å². The van der Waals surface area contributed by atoms with Gasteiger partial charge in [0.15, 0.2) is 0 Å². The Morgan fingerprint density at radius 1 is 1.29 bits per heavy atom. The Balaban J connectivity index is 1.76. The highest BCUT2D eigenvalue weighted by Gasteiger charge is 2.30. The summed E-state index contributed by atoms with van der Waals surface area (Å²) < 4.78 is 15.9. The number of ether oxygens (including phenoxy) is 3. The molecular weight excluding hydrogens is 218 g/mol. The second-order valence-corrected chi connectivity index (χ2v) is 4.38. The average molecular weight is 233 g/mol. The summed E-state index contributed by atoms with van der Waals surface area (Å²) in [5.74, 6) is 1.10. The summed E-state index contributed by atoms with van der Waals surface area (Å²) in [7, 11) is 1.65. The van der Waals surface area contributed by atoms with Gasteiger partial charge in [0.25, 0.3) is 0 Å². The van der Waals surface area contributed by atoms with E-state index < -0.39 is 0 Å². The van der Waals surface area contributed by atoms with Gasteiger partial charge in [-0.3, -0.25) is 0 Å². The van der Waals surface area contributed by atoms with Crippen LogP contribution >= 0.6 is 0 Å². The van der Waals surface area contributed by atoms with E-state index in [1.54, 1.807) is 19.6 Å². The van der Waals surface area contributed by atoms with E-state index in [2.05, 4.69) is 11.1 Å². The van der Waals surface area contributed by atoms with Gasteiger partial charge in [-0.25, -0.2) is 4.98 Å². The molecule has 17 heavy (non-hydrogen) atoms. The van der Waals surface area contributed by atoms with Crippen LogP contribution in [0.15, 0.2) is 24.7 Å². The van der Waals surface area contributed by atoms with Crippen molar-refractivity contribution in [3.8, 4) is 5.88 Å². The minimum absolute atomic E-state index is 0.120. The van der Waals surface area contributed by atoms with E-state index in [1.165, 1.54) is 5.56 Å². The number of pyridine rings is 1. The third-order valence-corrected chi connectivity index (χ3v) is 3.35. The topological polar surface area (TPSA) is 40.6 Å². The molecule has 90 valence electrons. The zero-order valence-corrected chi connectivity index (χ0v) is 9.76. The van der Waals surface area contributed by atoms with Crippen LogP contribution in [-0.2, 0) is 22.3 Å². The summed E-state index contributed by atoms with van der Waals surface area (Å²) in [4.78, 5) is 4.47. The summed E-state index contributed by atoms with van der Waals surface area (Å²) in [6, 6.07) is 4.01. The van der Waals surface area contributed by atoms with Crippen LogP contribution in [0.3, 0.4) is 0 Å². The van der Waals surface area contributed by atoms with E-state index in [0.29, 0.717) is 11.8 Å². The number of nitrogens with zero attached hydrogens (tertiary/aromatic N) is 1. The zero-order valence-electron chi connectivity index (χ0n) is 9.76. The van der Waals surface area contributed by atoms with E-state index in [0.717, 1.165) is 25.0 Å². The second-order valence-electron chi connectivity index (χ2n) is 4.38. The smallest absolute Gasteiger partial charge is 0.242 e. The summed E-state index contributed by atoms with van der Waals surface area (Å²) in [6.07, 6.45) is 6.07. The molecule has 0 bridgehead atoms. The maximum absolute atomic E-state index is 5.40. The van der Waals surface area contributed by atoms with Gasteiger partial charge in [0.1, 0.15) is 12.5 Å². The van der Waals surface area contributed by atoms with Gasteiger partial charge in [0, 0.05) is 17.7 Å². The standard InChI is InChI=1S/C13H15NO3/c1-15-12-5-3-9-8-10(2-4-11(9)14-12)13-16-6-7-17-13/h3,5-7,10,13H,2,4,8H2,1H3. The first-order chi connectivity index (χ1) is 8.36. The normalized spacial score (nSPS) is 22.8. The monoisotopic (exact) mass is 233 g/mol. The summed E-state index contributed by atoms with van der Waals surface area (Å²) in [5.41, 5.74) is 2.42. The van der Waals surface area contributed by atoms with Crippen molar-refractivity contribution in [2.45, 2.75) is 25.6 Å². The number of hydrogen-bond acceptors (Lipinski definition) is 4. The average Bonchev–Trinajstić information content (AvgIpc) is 2.91. The van der Waals surface area contributed by atoms with E-state index in [-0.39, 0.29) is 6.29 Å². The highest BCUT2D eigenvalue weighted by Crippen LogP contribution is 2.30. The molecule has 2 aliphatic rings. The lowest BCUT2D eigenvalue weighted by molar-refractivity contribution is -0.0702. The molecule has 4 heteroatoms. The van der Waals surface area contributed by atoms with E-state index in [9.17, 15) is 0 Å². The van der Waals surface area contributed by atoms with Crippen molar-refractivity contribution in [3.63, 3.8) is 0 Å². The van der Waals surface area contributed by atoms with Crippen LogP contribution in [0.25, 0.3) is 0 Å². The van der Waals surface area contributed by atoms with Crippen molar-refractivity contribution < 1.29 is 14.2 Å². The minimum Gasteiger partial charge on any atom is -0.481 e. The van der Waals surface area contributed by atoms with Crippen molar-refractivity contribution >= 4 is 0 Å². The molecule has 0 spiro atoms. The Kier molecular flexibility index (Phi) is 2.63. The van der Waals surface area contributed by atoms with Gasteiger partial charge in [-0.1, -0.05) is 6.07 Å². The molecule has 1 aromatic heterocycles. The van der Waals surface area contributed by atoms with Crippen LogP contribution < -0.4 is 4.74 Å². The molecule has 3 rings (SSSR count). The van der Waals surface area contributed by atoms with Crippen LogP contribution in [0.2, 0.25) is 0 Å². The van der Waals surface area contributed by atoms with Gasteiger partial charge in [-0.15, -0.1) is 0 Å². The molecule has 0 amide bonds. The highest BCUT2D eigenvalue weighted by atomic mass is 16.7. The number of aryl methyl sites for hydroxylation is 1. The summed E-state index contributed by atoms with van der Waals surface area (Å²) in [6.45, 7) is 0. The Morgan fingerprint density at radius 2 is 2.12 bits per heavy atom. The van der Waals surface area contributed by atoms with Gasteiger partial charge in [0.2, 0.25) is 12.2 Å². The molecule has 1 unspecified atom stereocenters. The first kappa shape index (κ1) is 10.4. The van der Waals surface area contributed by atoms with Crippen molar-refractivity contribution in [1.82, 2.24) is 4.98 Å². The number of fused-ring (bicyclic) bond motifs is 1. The molecule has 1 aliphatic heterocycles. The first-order valence-corrected chi connectivity index (χ1v) is 5.85. The van der Waals surface area contributed by atoms with Gasteiger partial charge in [0.05, 0.1) is 7.11 Å². The van der Waals surface area contributed by atoms with E-state index in [1.807, 2.05) is 6.07 Å². The minimum atomic E-state index is -0.120. The van der Waals surface area contributed by atoms with Crippen LogP contribution in [-0.4, -0.2) is 18.4 Å². The van der Waals surface area contributed by atoms with Crippen molar-refractivity contribution in [1.29, 1.82) is 0 Å². The predicted molar refractivity (Wildman–Crippen MR) is 61.4 cm³/mol. The molecule has 1 atom stereocenters. The van der Waals surface area contributed by atoms with E-state index >= 15 is 0 Å². The van der Waals surface area contributed by atoms with Gasteiger partial charge in [-0.05, 0) is 24.8 Å². The number of aromatic nitrogens is 1. The van der Waals surface area contributed by atoms with Crippen molar-refractivity contribution in [3.05, 3.63) is 35.9 Å². The first-order valence-electron chi connectivity index (χ1n) is 5.85. The predicted octanol–water partition coefficient (Wildman–Crippen LogP) is 2.04. The Morgan fingerprint density at radius 3 is 2.88 bits per heavy atom. The molecule has 0 saturated heterocycles. The van der Waals surface area contributed by atoms with Crippen LogP contribution in [0.1, 0.15) is 17.7 Å². The Labute approximate surface area is 100 Å².